The van der Waals surface area contributed by atoms with Crippen molar-refractivity contribution in [3.05, 3.63) is 35.4 Å². The molecule has 0 aliphatic carbocycles. The molecule has 0 bridgehead atoms. The number of hydrogen-bond donors (Lipinski definition) is 0. The molecule has 0 heterocycles. The summed E-state index contributed by atoms with van der Waals surface area (Å²) in [5, 5.41) is 0. The Hall–Kier alpha value is -0.860. The lowest BCUT2D eigenvalue weighted by Crippen LogP contribution is -2.26. The second kappa shape index (κ2) is 6.91. The van der Waals surface area contributed by atoms with Gasteiger partial charge in [0, 0.05) is 25.2 Å². The summed E-state index contributed by atoms with van der Waals surface area (Å²) in [7, 11) is 4.36. The lowest BCUT2D eigenvalue weighted by Gasteiger charge is -2.23. The van der Waals surface area contributed by atoms with Crippen LogP contribution in [0.4, 0.5) is 0 Å². The maximum Gasteiger partial charge on any atom is 0.0233 e. The smallest absolute Gasteiger partial charge is 0.0233 e. The van der Waals surface area contributed by atoms with Gasteiger partial charge in [-0.2, -0.15) is 0 Å². The van der Waals surface area contributed by atoms with Crippen LogP contribution in [0.1, 0.15) is 38.8 Å². The molecule has 0 fully saturated rings. The van der Waals surface area contributed by atoms with Crippen LogP contribution in [0.3, 0.4) is 0 Å². The van der Waals surface area contributed by atoms with Crippen LogP contribution < -0.4 is 0 Å². The molecule has 102 valence electrons. The Morgan fingerprint density at radius 2 is 1.22 bits per heavy atom. The highest BCUT2D eigenvalue weighted by Crippen LogP contribution is 2.11. The fraction of sp³-hybridized carbons (Fsp3) is 0.625. The van der Waals surface area contributed by atoms with Crippen molar-refractivity contribution < 1.29 is 0 Å². The van der Waals surface area contributed by atoms with Gasteiger partial charge in [0.05, 0.1) is 0 Å². The minimum absolute atomic E-state index is 0.590. The molecule has 0 atom stereocenters. The summed E-state index contributed by atoms with van der Waals surface area (Å²) in [5.74, 6) is 0. The lowest BCUT2D eigenvalue weighted by atomic mass is 10.1. The maximum atomic E-state index is 2.37. The Morgan fingerprint density at radius 3 is 1.56 bits per heavy atom. The summed E-state index contributed by atoms with van der Waals surface area (Å²) in [6.07, 6.45) is 0. The molecule has 1 rings (SSSR count). The quantitative estimate of drug-likeness (QED) is 0.761. The summed E-state index contributed by atoms with van der Waals surface area (Å²) >= 11 is 0. The number of hydrogen-bond acceptors (Lipinski definition) is 2. The molecule has 0 unspecified atom stereocenters. The van der Waals surface area contributed by atoms with Gasteiger partial charge in [-0.1, -0.05) is 24.3 Å². The van der Waals surface area contributed by atoms with Crippen molar-refractivity contribution in [1.82, 2.24) is 9.80 Å². The summed E-state index contributed by atoms with van der Waals surface area (Å²) in [6.45, 7) is 11.0. The van der Waals surface area contributed by atoms with Crippen LogP contribution in [-0.4, -0.2) is 36.0 Å². The average molecular weight is 248 g/mol. The molecule has 0 spiro atoms. The van der Waals surface area contributed by atoms with Crippen LogP contribution in [0.2, 0.25) is 0 Å². The average Bonchev–Trinajstić information content (AvgIpc) is 2.29. The van der Waals surface area contributed by atoms with Gasteiger partial charge in [-0.05, 0) is 52.9 Å². The molecule has 0 aliphatic rings. The molecule has 0 radical (unpaired) electrons. The first kappa shape index (κ1) is 15.2. The fourth-order valence-corrected chi connectivity index (χ4v) is 1.77. The number of rotatable bonds is 6. The van der Waals surface area contributed by atoms with Crippen molar-refractivity contribution in [2.24, 2.45) is 0 Å². The maximum absolute atomic E-state index is 2.37. The molecule has 0 amide bonds. The summed E-state index contributed by atoms with van der Waals surface area (Å²) in [4.78, 5) is 4.73. The molecular formula is C16H28N2. The van der Waals surface area contributed by atoms with Gasteiger partial charge in [0.25, 0.3) is 0 Å². The number of nitrogens with zero attached hydrogens (tertiary/aromatic N) is 2. The number of benzene rings is 1. The van der Waals surface area contributed by atoms with E-state index in [2.05, 4.69) is 75.9 Å². The summed E-state index contributed by atoms with van der Waals surface area (Å²) < 4.78 is 0. The largest absolute Gasteiger partial charge is 0.300 e. The monoisotopic (exact) mass is 248 g/mol. The van der Waals surface area contributed by atoms with E-state index in [1.165, 1.54) is 11.1 Å². The van der Waals surface area contributed by atoms with Gasteiger partial charge in [0.1, 0.15) is 0 Å². The Morgan fingerprint density at radius 1 is 0.833 bits per heavy atom. The van der Waals surface area contributed by atoms with E-state index in [1.54, 1.807) is 0 Å². The van der Waals surface area contributed by atoms with Crippen LogP contribution in [-0.2, 0) is 13.1 Å². The van der Waals surface area contributed by atoms with Gasteiger partial charge in [-0.25, -0.2) is 0 Å². The van der Waals surface area contributed by atoms with E-state index in [4.69, 9.17) is 0 Å². The zero-order chi connectivity index (χ0) is 13.7. The van der Waals surface area contributed by atoms with Crippen molar-refractivity contribution in [2.75, 3.05) is 14.1 Å². The molecule has 0 aliphatic heterocycles. The fourth-order valence-electron chi connectivity index (χ4n) is 1.77. The Bertz CT molecular complexity index is 327. The molecule has 0 saturated heterocycles. The molecule has 0 aromatic heterocycles. The van der Waals surface area contributed by atoms with E-state index in [0.717, 1.165) is 13.1 Å². The van der Waals surface area contributed by atoms with Gasteiger partial charge in [-0.15, -0.1) is 0 Å². The summed E-state index contributed by atoms with van der Waals surface area (Å²) in [5.41, 5.74) is 2.81. The summed E-state index contributed by atoms with van der Waals surface area (Å²) in [6, 6.07) is 10.1. The molecule has 0 N–H and O–H groups in total. The zero-order valence-corrected chi connectivity index (χ0v) is 12.8. The van der Waals surface area contributed by atoms with E-state index in [1.807, 2.05) is 0 Å². The first-order chi connectivity index (χ1) is 8.40. The topological polar surface area (TPSA) is 6.48 Å². The van der Waals surface area contributed by atoms with E-state index < -0.39 is 0 Å². The molecule has 1 aromatic carbocycles. The van der Waals surface area contributed by atoms with Crippen molar-refractivity contribution in [3.63, 3.8) is 0 Å². The SMILES string of the molecule is CC(C)N(C)Cc1cccc(CN(C)C(C)C)c1. The first-order valence-corrected chi connectivity index (χ1v) is 6.88. The van der Waals surface area contributed by atoms with Crippen LogP contribution in [0.5, 0.6) is 0 Å². The van der Waals surface area contributed by atoms with Crippen molar-refractivity contribution >= 4 is 0 Å². The Balaban J connectivity index is 2.67. The minimum atomic E-state index is 0.590. The van der Waals surface area contributed by atoms with E-state index in [0.29, 0.717) is 12.1 Å². The molecule has 1 aromatic rings. The van der Waals surface area contributed by atoms with Crippen LogP contribution in [0.25, 0.3) is 0 Å². The molecule has 0 saturated carbocycles. The minimum Gasteiger partial charge on any atom is -0.300 e. The van der Waals surface area contributed by atoms with Crippen LogP contribution in [0.15, 0.2) is 24.3 Å². The van der Waals surface area contributed by atoms with Gasteiger partial charge < -0.3 is 0 Å². The second-order valence-corrected chi connectivity index (χ2v) is 5.84. The lowest BCUT2D eigenvalue weighted by molar-refractivity contribution is 0.261. The van der Waals surface area contributed by atoms with Gasteiger partial charge in [0.2, 0.25) is 0 Å². The van der Waals surface area contributed by atoms with Crippen molar-refractivity contribution in [3.8, 4) is 0 Å². The highest BCUT2D eigenvalue weighted by atomic mass is 15.1. The predicted octanol–water partition coefficient (Wildman–Crippen LogP) is 3.37. The first-order valence-electron chi connectivity index (χ1n) is 6.88. The van der Waals surface area contributed by atoms with Gasteiger partial charge in [-0.3, -0.25) is 9.80 Å². The van der Waals surface area contributed by atoms with Crippen LogP contribution >= 0.6 is 0 Å². The Kier molecular flexibility index (Phi) is 5.83. The third-order valence-corrected chi connectivity index (χ3v) is 3.62. The Labute approximate surface area is 113 Å². The zero-order valence-electron chi connectivity index (χ0n) is 12.8. The van der Waals surface area contributed by atoms with E-state index >= 15 is 0 Å². The molecule has 18 heavy (non-hydrogen) atoms. The normalized spacial score (nSPS) is 12.1. The third-order valence-electron chi connectivity index (χ3n) is 3.62. The molecular weight excluding hydrogens is 220 g/mol. The predicted molar refractivity (Wildman–Crippen MR) is 79.6 cm³/mol. The molecule has 2 nitrogen and oxygen atoms in total. The van der Waals surface area contributed by atoms with Crippen molar-refractivity contribution in [1.29, 1.82) is 0 Å². The highest BCUT2D eigenvalue weighted by Gasteiger charge is 2.07. The van der Waals surface area contributed by atoms with Gasteiger partial charge in [0.15, 0.2) is 0 Å². The van der Waals surface area contributed by atoms with Gasteiger partial charge >= 0.3 is 0 Å². The molecule has 2 heteroatoms. The van der Waals surface area contributed by atoms with E-state index in [9.17, 15) is 0 Å². The van der Waals surface area contributed by atoms with Crippen molar-refractivity contribution in [2.45, 2.75) is 52.9 Å². The van der Waals surface area contributed by atoms with Crippen LogP contribution in [0, 0.1) is 0 Å². The highest BCUT2D eigenvalue weighted by molar-refractivity contribution is 5.23. The third kappa shape index (κ3) is 4.79. The second-order valence-electron chi connectivity index (χ2n) is 5.84. The van der Waals surface area contributed by atoms with E-state index in [-0.39, 0.29) is 0 Å². The standard InChI is InChI=1S/C16H28N2/c1-13(2)17(5)11-15-8-7-9-16(10-15)12-18(6)14(3)4/h7-10,13-14H,11-12H2,1-6H3.